The summed E-state index contributed by atoms with van der Waals surface area (Å²) in [6, 6.07) is 6.12. The molecule has 1 heterocycles. The molecule has 0 radical (unpaired) electrons. The highest BCUT2D eigenvalue weighted by molar-refractivity contribution is 9.12. The molecule has 0 spiro atoms. The molecule has 94 valence electrons. The number of nitro groups is 1. The Morgan fingerprint density at radius 1 is 1.56 bits per heavy atom. The molecule has 0 aliphatic carbocycles. The van der Waals surface area contributed by atoms with Crippen molar-refractivity contribution in [3.63, 3.8) is 0 Å². The summed E-state index contributed by atoms with van der Waals surface area (Å²) in [6.45, 7) is 0. The van der Waals surface area contributed by atoms with E-state index in [0.29, 0.717) is 10.2 Å². The highest BCUT2D eigenvalue weighted by Gasteiger charge is 2.21. The average molecular weight is 332 g/mol. The van der Waals surface area contributed by atoms with Crippen molar-refractivity contribution in [3.05, 3.63) is 45.1 Å². The average Bonchev–Trinajstić information content (AvgIpc) is 2.34. The number of non-ortho nitro benzene ring substituents is 1. The molecule has 0 saturated carbocycles. The predicted octanol–water partition coefficient (Wildman–Crippen LogP) is 2.53. The lowest BCUT2D eigenvalue weighted by Gasteiger charge is -2.27. The quantitative estimate of drug-likeness (QED) is 0.390. The minimum Gasteiger partial charge on any atom is -0.383 e. The number of nitro benzene ring substituents is 1. The van der Waals surface area contributed by atoms with Crippen LogP contribution in [-0.4, -0.2) is 16.4 Å². The van der Waals surface area contributed by atoms with Gasteiger partial charge in [-0.05, 0) is 22.0 Å². The van der Waals surface area contributed by atoms with Crippen molar-refractivity contribution < 1.29 is 4.92 Å². The normalized spacial score (nSPS) is 19.2. The van der Waals surface area contributed by atoms with Crippen LogP contribution in [0.4, 0.5) is 11.4 Å². The lowest BCUT2D eigenvalue weighted by molar-refractivity contribution is -0.384. The van der Waals surface area contributed by atoms with Gasteiger partial charge in [-0.15, -0.1) is 0 Å². The number of nitrogens with zero attached hydrogens (tertiary/aromatic N) is 3. The zero-order chi connectivity index (χ0) is 13.3. The summed E-state index contributed by atoms with van der Waals surface area (Å²) in [4.78, 5) is 15.8. The highest BCUT2D eigenvalue weighted by Crippen LogP contribution is 2.28. The Morgan fingerprint density at radius 3 is 2.94 bits per heavy atom. The SMILES string of the molecule is NC1=NC(Cl)N(c2cccc([N+](=O)[O-])c2)C=C1Br. The third kappa shape index (κ3) is 2.46. The number of aliphatic imine (C=N–C) groups is 1. The van der Waals surface area contributed by atoms with E-state index in [-0.39, 0.29) is 11.5 Å². The highest BCUT2D eigenvalue weighted by atomic mass is 79.9. The largest absolute Gasteiger partial charge is 0.383 e. The van der Waals surface area contributed by atoms with E-state index in [1.807, 2.05) is 0 Å². The molecule has 1 aliphatic rings. The lowest BCUT2D eigenvalue weighted by atomic mass is 10.2. The van der Waals surface area contributed by atoms with E-state index in [0.717, 1.165) is 0 Å². The van der Waals surface area contributed by atoms with Crippen LogP contribution in [0.2, 0.25) is 0 Å². The van der Waals surface area contributed by atoms with Gasteiger partial charge in [0.2, 0.25) is 5.62 Å². The van der Waals surface area contributed by atoms with E-state index < -0.39 is 10.5 Å². The van der Waals surface area contributed by atoms with Crippen LogP contribution in [0.5, 0.6) is 0 Å². The van der Waals surface area contributed by atoms with Crippen molar-refractivity contribution in [2.24, 2.45) is 10.7 Å². The van der Waals surface area contributed by atoms with E-state index in [4.69, 9.17) is 17.3 Å². The van der Waals surface area contributed by atoms with Crippen LogP contribution in [0, 0.1) is 10.1 Å². The predicted molar refractivity (Wildman–Crippen MR) is 73.8 cm³/mol. The number of alkyl halides is 1. The van der Waals surface area contributed by atoms with Gasteiger partial charge in [-0.2, -0.15) is 0 Å². The van der Waals surface area contributed by atoms with Gasteiger partial charge in [0, 0.05) is 18.3 Å². The van der Waals surface area contributed by atoms with Crippen LogP contribution in [-0.2, 0) is 0 Å². The maximum absolute atomic E-state index is 10.7. The molecule has 6 nitrogen and oxygen atoms in total. The Kier molecular flexibility index (Phi) is 3.53. The first-order valence-electron chi connectivity index (χ1n) is 4.87. The van der Waals surface area contributed by atoms with Gasteiger partial charge >= 0.3 is 0 Å². The van der Waals surface area contributed by atoms with E-state index in [2.05, 4.69) is 20.9 Å². The summed E-state index contributed by atoms with van der Waals surface area (Å²) in [5.74, 6) is 0.289. The molecule has 1 aromatic rings. The second-order valence-corrected chi connectivity index (χ2v) is 4.73. The van der Waals surface area contributed by atoms with Crippen molar-refractivity contribution in [1.82, 2.24) is 0 Å². The molecular weight excluding hydrogens is 323 g/mol. The molecule has 0 fully saturated rings. The molecule has 0 saturated heterocycles. The van der Waals surface area contributed by atoms with Crippen LogP contribution >= 0.6 is 27.5 Å². The number of amidine groups is 1. The Balaban J connectivity index is 2.38. The number of hydrogen-bond acceptors (Lipinski definition) is 5. The van der Waals surface area contributed by atoms with Gasteiger partial charge < -0.3 is 10.6 Å². The topological polar surface area (TPSA) is 84.8 Å². The first-order valence-corrected chi connectivity index (χ1v) is 6.10. The Hall–Kier alpha value is -1.60. The van der Waals surface area contributed by atoms with E-state index in [1.165, 1.54) is 12.1 Å². The molecule has 2 N–H and O–H groups in total. The minimum absolute atomic E-state index is 0.0107. The maximum atomic E-state index is 10.7. The van der Waals surface area contributed by atoms with Crippen LogP contribution in [0.25, 0.3) is 0 Å². The molecule has 2 rings (SSSR count). The molecule has 1 atom stereocenters. The molecule has 0 bridgehead atoms. The summed E-state index contributed by atoms with van der Waals surface area (Å²) in [5.41, 5.74) is 5.43. The fraction of sp³-hybridized carbons (Fsp3) is 0.100. The van der Waals surface area contributed by atoms with Gasteiger partial charge in [-0.25, -0.2) is 4.99 Å². The van der Waals surface area contributed by atoms with Gasteiger partial charge in [-0.3, -0.25) is 10.1 Å². The van der Waals surface area contributed by atoms with Gasteiger partial charge in [-0.1, -0.05) is 17.7 Å². The van der Waals surface area contributed by atoms with Crippen molar-refractivity contribution in [1.29, 1.82) is 0 Å². The molecule has 1 aromatic carbocycles. The zero-order valence-corrected chi connectivity index (χ0v) is 11.3. The number of nitrogens with two attached hydrogens (primary N) is 1. The molecular formula is C10H8BrClN4O2. The summed E-state index contributed by atoms with van der Waals surface area (Å²) in [6.07, 6.45) is 1.64. The zero-order valence-electron chi connectivity index (χ0n) is 8.96. The van der Waals surface area contributed by atoms with Crippen LogP contribution < -0.4 is 10.6 Å². The number of benzene rings is 1. The van der Waals surface area contributed by atoms with Gasteiger partial charge in [0.15, 0.2) is 0 Å². The van der Waals surface area contributed by atoms with Gasteiger partial charge in [0.1, 0.15) is 5.84 Å². The molecule has 8 heteroatoms. The molecule has 0 aromatic heterocycles. The summed E-state index contributed by atoms with van der Waals surface area (Å²) in [7, 11) is 0. The lowest BCUT2D eigenvalue weighted by Crippen LogP contribution is -2.32. The van der Waals surface area contributed by atoms with Crippen LogP contribution in [0.15, 0.2) is 39.9 Å². The second-order valence-electron chi connectivity index (χ2n) is 3.49. The number of hydrogen-bond donors (Lipinski definition) is 1. The summed E-state index contributed by atoms with van der Waals surface area (Å²) >= 11 is 9.27. The monoisotopic (exact) mass is 330 g/mol. The summed E-state index contributed by atoms with van der Waals surface area (Å²) < 4.78 is 0.575. The molecule has 1 aliphatic heterocycles. The number of rotatable bonds is 2. The van der Waals surface area contributed by atoms with E-state index >= 15 is 0 Å². The third-order valence-electron chi connectivity index (χ3n) is 2.31. The fourth-order valence-corrected chi connectivity index (χ4v) is 2.05. The second kappa shape index (κ2) is 4.95. The maximum Gasteiger partial charge on any atom is 0.271 e. The first-order chi connectivity index (χ1) is 8.49. The van der Waals surface area contributed by atoms with Crippen molar-refractivity contribution in [2.75, 3.05) is 4.90 Å². The molecule has 0 amide bonds. The number of halogens is 2. The van der Waals surface area contributed by atoms with Gasteiger partial charge in [0.25, 0.3) is 5.69 Å². The standard InChI is InChI=1S/C10H8BrClN4O2/c11-8-5-15(10(12)14-9(8)13)6-2-1-3-7(4-6)16(17)18/h1-5,10H,(H2,13,14). The van der Waals surface area contributed by atoms with Crippen LogP contribution in [0.1, 0.15) is 0 Å². The number of anilines is 1. The molecule has 1 unspecified atom stereocenters. The Labute approximate surface area is 116 Å². The molecule has 18 heavy (non-hydrogen) atoms. The van der Waals surface area contributed by atoms with Crippen molar-refractivity contribution in [3.8, 4) is 0 Å². The third-order valence-corrected chi connectivity index (χ3v) is 3.23. The summed E-state index contributed by atoms with van der Waals surface area (Å²) in [5, 5.41) is 10.7. The Bertz CT molecular complexity index is 561. The van der Waals surface area contributed by atoms with Crippen molar-refractivity contribution in [2.45, 2.75) is 5.62 Å². The fourth-order valence-electron chi connectivity index (χ4n) is 1.45. The van der Waals surface area contributed by atoms with Crippen molar-refractivity contribution >= 4 is 44.7 Å². The minimum atomic E-state index is -0.728. The van der Waals surface area contributed by atoms with E-state index in [9.17, 15) is 10.1 Å². The van der Waals surface area contributed by atoms with Crippen LogP contribution in [0.3, 0.4) is 0 Å². The van der Waals surface area contributed by atoms with E-state index in [1.54, 1.807) is 23.2 Å². The van der Waals surface area contributed by atoms with Gasteiger partial charge in [0.05, 0.1) is 15.1 Å². The Morgan fingerprint density at radius 2 is 2.28 bits per heavy atom. The smallest absolute Gasteiger partial charge is 0.271 e. The first kappa shape index (κ1) is 12.8.